The zero-order valence-electron chi connectivity index (χ0n) is 12.3. The van der Waals surface area contributed by atoms with E-state index in [-0.39, 0.29) is 0 Å². The van der Waals surface area contributed by atoms with Crippen molar-refractivity contribution in [2.45, 2.75) is 58.1 Å². The summed E-state index contributed by atoms with van der Waals surface area (Å²) in [6, 6.07) is 9.51. The topological polar surface area (TPSA) is 21.3 Å². The monoisotopic (exact) mass is 261 g/mol. The van der Waals surface area contributed by atoms with Crippen molar-refractivity contribution in [2.75, 3.05) is 13.2 Å². The van der Waals surface area contributed by atoms with Crippen LogP contribution in [-0.4, -0.2) is 19.3 Å². The Bertz CT molecular complexity index is 354. The minimum atomic E-state index is 0.439. The SMILES string of the molecule is CCCNC(CC1CCCO1)c1ccc(CC)cc1. The van der Waals surface area contributed by atoms with Gasteiger partial charge in [-0.1, -0.05) is 38.1 Å². The van der Waals surface area contributed by atoms with Gasteiger partial charge < -0.3 is 10.1 Å². The van der Waals surface area contributed by atoms with Gasteiger partial charge in [-0.15, -0.1) is 0 Å². The van der Waals surface area contributed by atoms with Crippen LogP contribution in [-0.2, 0) is 11.2 Å². The highest BCUT2D eigenvalue weighted by Gasteiger charge is 2.21. The molecule has 19 heavy (non-hydrogen) atoms. The highest BCUT2D eigenvalue weighted by atomic mass is 16.5. The van der Waals surface area contributed by atoms with Gasteiger partial charge in [-0.25, -0.2) is 0 Å². The molecule has 1 fully saturated rings. The van der Waals surface area contributed by atoms with Crippen LogP contribution in [0, 0.1) is 0 Å². The van der Waals surface area contributed by atoms with E-state index >= 15 is 0 Å². The Balaban J connectivity index is 2.01. The molecule has 0 amide bonds. The second-order valence-electron chi connectivity index (χ2n) is 5.47. The number of benzene rings is 1. The highest BCUT2D eigenvalue weighted by Crippen LogP contribution is 2.25. The maximum Gasteiger partial charge on any atom is 0.0594 e. The largest absolute Gasteiger partial charge is 0.378 e. The zero-order chi connectivity index (χ0) is 13.5. The van der Waals surface area contributed by atoms with E-state index in [0.717, 1.165) is 26.0 Å². The molecule has 0 aliphatic carbocycles. The number of rotatable bonds is 7. The Hall–Kier alpha value is -0.860. The van der Waals surface area contributed by atoms with Crippen LogP contribution in [0.15, 0.2) is 24.3 Å². The van der Waals surface area contributed by atoms with Gasteiger partial charge in [-0.2, -0.15) is 0 Å². The van der Waals surface area contributed by atoms with E-state index in [1.165, 1.54) is 30.4 Å². The summed E-state index contributed by atoms with van der Waals surface area (Å²) in [5.74, 6) is 0. The molecule has 0 radical (unpaired) electrons. The van der Waals surface area contributed by atoms with Crippen molar-refractivity contribution >= 4 is 0 Å². The van der Waals surface area contributed by atoms with Crippen LogP contribution in [0.4, 0.5) is 0 Å². The molecular weight excluding hydrogens is 234 g/mol. The van der Waals surface area contributed by atoms with Gasteiger partial charge in [-0.3, -0.25) is 0 Å². The molecule has 2 heteroatoms. The molecular formula is C17H27NO. The molecule has 2 rings (SSSR count). The number of ether oxygens (including phenoxy) is 1. The van der Waals surface area contributed by atoms with Crippen LogP contribution in [0.1, 0.15) is 56.7 Å². The van der Waals surface area contributed by atoms with E-state index in [9.17, 15) is 0 Å². The molecule has 1 N–H and O–H groups in total. The summed E-state index contributed by atoms with van der Waals surface area (Å²) in [6.45, 7) is 6.44. The lowest BCUT2D eigenvalue weighted by Crippen LogP contribution is -2.26. The normalized spacial score (nSPS) is 20.6. The third kappa shape index (κ3) is 4.32. The highest BCUT2D eigenvalue weighted by molar-refractivity contribution is 5.25. The minimum Gasteiger partial charge on any atom is -0.378 e. The molecule has 0 aromatic heterocycles. The summed E-state index contributed by atoms with van der Waals surface area (Å²) in [6.07, 6.45) is 6.27. The molecule has 1 aliphatic rings. The fourth-order valence-electron chi connectivity index (χ4n) is 2.73. The lowest BCUT2D eigenvalue weighted by Gasteiger charge is -2.22. The van der Waals surface area contributed by atoms with E-state index in [2.05, 4.69) is 43.4 Å². The number of aryl methyl sites for hydroxylation is 1. The average molecular weight is 261 g/mol. The first kappa shape index (κ1) is 14.5. The fourth-order valence-corrected chi connectivity index (χ4v) is 2.73. The van der Waals surface area contributed by atoms with Crippen molar-refractivity contribution < 1.29 is 4.74 Å². The van der Waals surface area contributed by atoms with E-state index < -0.39 is 0 Å². The molecule has 0 saturated carbocycles. The third-order valence-electron chi connectivity index (χ3n) is 3.95. The molecule has 0 bridgehead atoms. The van der Waals surface area contributed by atoms with Crippen molar-refractivity contribution in [3.63, 3.8) is 0 Å². The Morgan fingerprint density at radius 2 is 2.05 bits per heavy atom. The quantitative estimate of drug-likeness (QED) is 0.804. The number of hydrogen-bond acceptors (Lipinski definition) is 2. The van der Waals surface area contributed by atoms with Crippen LogP contribution >= 0.6 is 0 Å². The molecule has 1 aromatic carbocycles. The van der Waals surface area contributed by atoms with Crippen LogP contribution in [0.5, 0.6) is 0 Å². The first-order chi connectivity index (χ1) is 9.33. The minimum absolute atomic E-state index is 0.439. The Morgan fingerprint density at radius 3 is 2.63 bits per heavy atom. The first-order valence-electron chi connectivity index (χ1n) is 7.77. The van der Waals surface area contributed by atoms with Gasteiger partial charge in [-0.05, 0) is 49.8 Å². The van der Waals surface area contributed by atoms with E-state index in [1.807, 2.05) is 0 Å². The summed E-state index contributed by atoms with van der Waals surface area (Å²) < 4.78 is 5.79. The van der Waals surface area contributed by atoms with Crippen molar-refractivity contribution in [2.24, 2.45) is 0 Å². The molecule has 2 nitrogen and oxygen atoms in total. The Kier molecular flexibility index (Phi) is 5.87. The first-order valence-corrected chi connectivity index (χ1v) is 7.77. The van der Waals surface area contributed by atoms with Gasteiger partial charge in [0.1, 0.15) is 0 Å². The van der Waals surface area contributed by atoms with Crippen LogP contribution in [0.2, 0.25) is 0 Å². The Morgan fingerprint density at radius 1 is 1.26 bits per heavy atom. The predicted molar refractivity (Wildman–Crippen MR) is 80.4 cm³/mol. The van der Waals surface area contributed by atoms with Gasteiger partial charge in [0, 0.05) is 12.6 Å². The van der Waals surface area contributed by atoms with E-state index in [0.29, 0.717) is 12.1 Å². The molecule has 1 heterocycles. The fraction of sp³-hybridized carbons (Fsp3) is 0.647. The standard InChI is InChI=1S/C17H27NO/c1-3-11-18-17(13-16-6-5-12-19-16)15-9-7-14(4-2)8-10-15/h7-10,16-18H,3-6,11-13H2,1-2H3. The second kappa shape index (κ2) is 7.66. The number of hydrogen-bond donors (Lipinski definition) is 1. The van der Waals surface area contributed by atoms with Crippen molar-refractivity contribution in [3.05, 3.63) is 35.4 Å². The molecule has 0 spiro atoms. The molecule has 106 valence electrons. The number of nitrogens with one attached hydrogen (secondary N) is 1. The molecule has 1 aliphatic heterocycles. The predicted octanol–water partition coefficient (Wildman–Crippen LogP) is 3.86. The zero-order valence-corrected chi connectivity index (χ0v) is 12.3. The molecule has 2 unspecified atom stereocenters. The molecule has 2 atom stereocenters. The van der Waals surface area contributed by atoms with E-state index in [1.54, 1.807) is 0 Å². The molecule has 1 saturated heterocycles. The van der Waals surface area contributed by atoms with Crippen molar-refractivity contribution in [1.29, 1.82) is 0 Å². The smallest absolute Gasteiger partial charge is 0.0594 e. The maximum atomic E-state index is 5.79. The third-order valence-corrected chi connectivity index (χ3v) is 3.95. The van der Waals surface area contributed by atoms with Crippen LogP contribution in [0.3, 0.4) is 0 Å². The summed E-state index contributed by atoms with van der Waals surface area (Å²) in [5.41, 5.74) is 2.82. The lowest BCUT2D eigenvalue weighted by atomic mass is 9.97. The summed E-state index contributed by atoms with van der Waals surface area (Å²) in [5, 5.41) is 3.67. The van der Waals surface area contributed by atoms with Crippen molar-refractivity contribution in [3.8, 4) is 0 Å². The Labute approximate surface area is 117 Å². The van der Waals surface area contributed by atoms with Gasteiger partial charge in [0.05, 0.1) is 6.10 Å². The summed E-state index contributed by atoms with van der Waals surface area (Å²) >= 11 is 0. The average Bonchev–Trinajstić information content (AvgIpc) is 2.96. The summed E-state index contributed by atoms with van der Waals surface area (Å²) in [7, 11) is 0. The lowest BCUT2D eigenvalue weighted by molar-refractivity contribution is 0.0946. The van der Waals surface area contributed by atoms with Gasteiger partial charge in [0.25, 0.3) is 0 Å². The van der Waals surface area contributed by atoms with E-state index in [4.69, 9.17) is 4.74 Å². The van der Waals surface area contributed by atoms with Crippen LogP contribution < -0.4 is 5.32 Å². The molecule has 1 aromatic rings. The van der Waals surface area contributed by atoms with Crippen LogP contribution in [0.25, 0.3) is 0 Å². The van der Waals surface area contributed by atoms with Gasteiger partial charge in [0.15, 0.2) is 0 Å². The summed E-state index contributed by atoms with van der Waals surface area (Å²) in [4.78, 5) is 0. The maximum absolute atomic E-state index is 5.79. The van der Waals surface area contributed by atoms with Crippen molar-refractivity contribution in [1.82, 2.24) is 5.32 Å². The van der Waals surface area contributed by atoms with Gasteiger partial charge in [0.2, 0.25) is 0 Å². The van der Waals surface area contributed by atoms with Gasteiger partial charge >= 0.3 is 0 Å². The second-order valence-corrected chi connectivity index (χ2v) is 5.47.